The zero-order valence-electron chi connectivity index (χ0n) is 15.8. The summed E-state index contributed by atoms with van der Waals surface area (Å²) in [5.41, 5.74) is 3.18. The molecule has 0 spiro atoms. The smallest absolute Gasteiger partial charge is 0.251 e. The SMILES string of the molecule is CNC(=O)c1cccc(CNC(=O)/C=C/c2ccc(N3CCCC3=O)cc2)c1. The standard InChI is InChI=1S/C22H23N3O3/c1-23-22(28)18-5-2-4-17(14-18)15-24-20(26)12-9-16-7-10-19(11-8-16)25-13-3-6-21(25)27/h2,4-5,7-12,14H,3,6,13,15H2,1H3,(H,23,28)(H,24,26)/b12-9+. The molecule has 1 aliphatic heterocycles. The van der Waals surface area contributed by atoms with Gasteiger partial charge in [-0.15, -0.1) is 0 Å². The summed E-state index contributed by atoms with van der Waals surface area (Å²) >= 11 is 0. The van der Waals surface area contributed by atoms with Crippen molar-refractivity contribution < 1.29 is 14.4 Å². The maximum Gasteiger partial charge on any atom is 0.251 e. The van der Waals surface area contributed by atoms with Gasteiger partial charge in [0.05, 0.1) is 0 Å². The Morgan fingerprint density at radius 3 is 2.61 bits per heavy atom. The summed E-state index contributed by atoms with van der Waals surface area (Å²) in [4.78, 5) is 37.3. The number of amides is 3. The zero-order valence-corrected chi connectivity index (χ0v) is 15.8. The van der Waals surface area contributed by atoms with E-state index < -0.39 is 0 Å². The minimum absolute atomic E-state index is 0.156. The lowest BCUT2D eigenvalue weighted by molar-refractivity contribution is -0.117. The van der Waals surface area contributed by atoms with Gasteiger partial charge < -0.3 is 15.5 Å². The normalized spacial score (nSPS) is 13.8. The van der Waals surface area contributed by atoms with Crippen molar-refractivity contribution in [2.24, 2.45) is 0 Å². The van der Waals surface area contributed by atoms with Crippen molar-refractivity contribution in [2.45, 2.75) is 19.4 Å². The molecule has 6 nitrogen and oxygen atoms in total. The summed E-state index contributed by atoms with van der Waals surface area (Å²) in [6.45, 7) is 1.10. The minimum atomic E-state index is -0.218. The van der Waals surface area contributed by atoms with Crippen molar-refractivity contribution >= 4 is 29.5 Å². The van der Waals surface area contributed by atoms with Crippen molar-refractivity contribution in [2.75, 3.05) is 18.5 Å². The quantitative estimate of drug-likeness (QED) is 0.759. The molecule has 0 atom stereocenters. The fourth-order valence-corrected chi connectivity index (χ4v) is 3.07. The molecule has 0 aromatic heterocycles. The first-order chi connectivity index (χ1) is 13.6. The van der Waals surface area contributed by atoms with Crippen molar-refractivity contribution in [3.63, 3.8) is 0 Å². The van der Waals surface area contributed by atoms with Crippen molar-refractivity contribution in [1.29, 1.82) is 0 Å². The minimum Gasteiger partial charge on any atom is -0.355 e. The third kappa shape index (κ3) is 4.85. The molecular weight excluding hydrogens is 354 g/mol. The van der Waals surface area contributed by atoms with Crippen LogP contribution in [0.15, 0.2) is 54.6 Å². The number of rotatable bonds is 6. The number of carbonyl (C=O) groups is 3. The molecule has 144 valence electrons. The predicted molar refractivity (Wildman–Crippen MR) is 109 cm³/mol. The van der Waals surface area contributed by atoms with Gasteiger partial charge in [0.25, 0.3) is 5.91 Å². The summed E-state index contributed by atoms with van der Waals surface area (Å²) in [6, 6.07) is 14.7. The summed E-state index contributed by atoms with van der Waals surface area (Å²) < 4.78 is 0. The van der Waals surface area contributed by atoms with E-state index in [1.807, 2.05) is 30.3 Å². The summed E-state index contributed by atoms with van der Waals surface area (Å²) in [5, 5.41) is 5.38. The molecule has 2 aromatic carbocycles. The first-order valence-corrected chi connectivity index (χ1v) is 9.24. The summed E-state index contributed by atoms with van der Waals surface area (Å²) in [5.74, 6) is -0.223. The van der Waals surface area contributed by atoms with Gasteiger partial charge in [-0.2, -0.15) is 0 Å². The predicted octanol–water partition coefficient (Wildman–Crippen LogP) is 2.50. The van der Waals surface area contributed by atoms with Gasteiger partial charge in [-0.25, -0.2) is 0 Å². The molecule has 1 aliphatic rings. The maximum atomic E-state index is 12.1. The Balaban J connectivity index is 1.54. The van der Waals surface area contributed by atoms with E-state index in [1.165, 1.54) is 6.08 Å². The van der Waals surface area contributed by atoms with E-state index >= 15 is 0 Å². The van der Waals surface area contributed by atoms with Gasteiger partial charge in [0.1, 0.15) is 0 Å². The Hall–Kier alpha value is -3.41. The third-order valence-electron chi connectivity index (χ3n) is 4.59. The molecule has 2 aromatic rings. The average molecular weight is 377 g/mol. The Morgan fingerprint density at radius 2 is 1.93 bits per heavy atom. The molecule has 0 unspecified atom stereocenters. The van der Waals surface area contributed by atoms with E-state index in [2.05, 4.69) is 10.6 Å². The van der Waals surface area contributed by atoms with Gasteiger partial charge in [0.15, 0.2) is 0 Å². The van der Waals surface area contributed by atoms with E-state index in [9.17, 15) is 14.4 Å². The van der Waals surface area contributed by atoms with E-state index in [0.29, 0.717) is 18.5 Å². The number of carbonyl (C=O) groups excluding carboxylic acids is 3. The lowest BCUT2D eigenvalue weighted by Crippen LogP contribution is -2.23. The zero-order chi connectivity index (χ0) is 19.9. The Bertz CT molecular complexity index is 903. The second-order valence-corrected chi connectivity index (χ2v) is 6.57. The van der Waals surface area contributed by atoms with Gasteiger partial charge in [0, 0.05) is 43.9 Å². The first kappa shape index (κ1) is 19.4. The highest BCUT2D eigenvalue weighted by atomic mass is 16.2. The monoisotopic (exact) mass is 377 g/mol. The number of hydrogen-bond acceptors (Lipinski definition) is 3. The van der Waals surface area contributed by atoms with Crippen LogP contribution < -0.4 is 15.5 Å². The molecule has 2 N–H and O–H groups in total. The second-order valence-electron chi connectivity index (χ2n) is 6.57. The fourth-order valence-electron chi connectivity index (χ4n) is 3.07. The molecule has 1 fully saturated rings. The van der Waals surface area contributed by atoms with E-state index in [1.54, 1.807) is 36.2 Å². The van der Waals surface area contributed by atoms with Crippen LogP contribution in [0.3, 0.4) is 0 Å². The van der Waals surface area contributed by atoms with Crippen LogP contribution in [0.25, 0.3) is 6.08 Å². The molecule has 6 heteroatoms. The van der Waals surface area contributed by atoms with Crippen LogP contribution in [0.1, 0.15) is 34.3 Å². The highest BCUT2D eigenvalue weighted by Crippen LogP contribution is 2.21. The topological polar surface area (TPSA) is 78.5 Å². The lowest BCUT2D eigenvalue weighted by atomic mass is 10.1. The largest absolute Gasteiger partial charge is 0.355 e. The van der Waals surface area contributed by atoms with Gasteiger partial charge in [0.2, 0.25) is 11.8 Å². The van der Waals surface area contributed by atoms with Crippen LogP contribution >= 0.6 is 0 Å². The maximum absolute atomic E-state index is 12.1. The average Bonchev–Trinajstić information content (AvgIpc) is 3.16. The number of nitrogens with one attached hydrogen (secondary N) is 2. The summed E-state index contributed by atoms with van der Waals surface area (Å²) in [7, 11) is 1.58. The molecular formula is C22H23N3O3. The molecule has 0 radical (unpaired) electrons. The van der Waals surface area contributed by atoms with Crippen LogP contribution in [0.2, 0.25) is 0 Å². The van der Waals surface area contributed by atoms with Gasteiger partial charge >= 0.3 is 0 Å². The molecule has 0 saturated carbocycles. The first-order valence-electron chi connectivity index (χ1n) is 9.24. The van der Waals surface area contributed by atoms with Crippen LogP contribution in [0, 0.1) is 0 Å². The highest BCUT2D eigenvalue weighted by Gasteiger charge is 2.21. The Kier molecular flexibility index (Phi) is 6.22. The number of anilines is 1. The van der Waals surface area contributed by atoms with Crippen LogP contribution in [0.5, 0.6) is 0 Å². The van der Waals surface area contributed by atoms with Crippen molar-refractivity contribution in [1.82, 2.24) is 10.6 Å². The number of nitrogens with zero attached hydrogens (tertiary/aromatic N) is 1. The van der Waals surface area contributed by atoms with Crippen LogP contribution in [0.4, 0.5) is 5.69 Å². The second kappa shape index (κ2) is 8.99. The number of benzene rings is 2. The van der Waals surface area contributed by atoms with E-state index in [0.717, 1.165) is 29.8 Å². The molecule has 0 bridgehead atoms. The van der Waals surface area contributed by atoms with Crippen molar-refractivity contribution in [3.8, 4) is 0 Å². The third-order valence-corrected chi connectivity index (χ3v) is 4.59. The molecule has 28 heavy (non-hydrogen) atoms. The Morgan fingerprint density at radius 1 is 1.14 bits per heavy atom. The molecule has 3 rings (SSSR count). The lowest BCUT2D eigenvalue weighted by Gasteiger charge is -2.15. The highest BCUT2D eigenvalue weighted by molar-refractivity contribution is 5.96. The molecule has 3 amide bonds. The van der Waals surface area contributed by atoms with Gasteiger partial charge in [-0.3, -0.25) is 14.4 Å². The van der Waals surface area contributed by atoms with E-state index in [-0.39, 0.29) is 17.7 Å². The van der Waals surface area contributed by atoms with Gasteiger partial charge in [-0.1, -0.05) is 24.3 Å². The number of hydrogen-bond donors (Lipinski definition) is 2. The van der Waals surface area contributed by atoms with Crippen molar-refractivity contribution in [3.05, 3.63) is 71.3 Å². The fraction of sp³-hybridized carbons (Fsp3) is 0.227. The van der Waals surface area contributed by atoms with Crippen LogP contribution in [-0.4, -0.2) is 31.3 Å². The molecule has 0 aliphatic carbocycles. The van der Waals surface area contributed by atoms with E-state index in [4.69, 9.17) is 0 Å². The molecule has 1 heterocycles. The van der Waals surface area contributed by atoms with Gasteiger partial charge in [-0.05, 0) is 47.9 Å². The van der Waals surface area contributed by atoms with Crippen LogP contribution in [-0.2, 0) is 16.1 Å². The Labute approximate surface area is 164 Å². The molecule has 1 saturated heterocycles. The summed E-state index contributed by atoms with van der Waals surface area (Å²) in [6.07, 6.45) is 4.70.